The summed E-state index contributed by atoms with van der Waals surface area (Å²) in [5, 5.41) is 13.0. The molecule has 0 radical (unpaired) electrons. The molecule has 170 valence electrons. The van der Waals surface area contributed by atoms with E-state index in [0.29, 0.717) is 24.1 Å². The number of carbonyl (C=O) groups excluding carboxylic acids is 1. The third-order valence-corrected chi connectivity index (χ3v) is 5.99. The molecule has 1 amide bonds. The van der Waals surface area contributed by atoms with Crippen LogP contribution in [0.2, 0.25) is 0 Å². The predicted octanol–water partition coefficient (Wildman–Crippen LogP) is 3.56. The van der Waals surface area contributed by atoms with Crippen molar-refractivity contribution in [3.8, 4) is 11.1 Å². The number of benzene rings is 2. The van der Waals surface area contributed by atoms with Crippen molar-refractivity contribution >= 4 is 17.5 Å². The number of amides is 1. The zero-order valence-corrected chi connectivity index (χ0v) is 18.6. The highest BCUT2D eigenvalue weighted by Gasteiger charge is 2.23. The Kier molecular flexibility index (Phi) is 5.20. The summed E-state index contributed by atoms with van der Waals surface area (Å²) in [5.41, 5.74) is 8.97. The monoisotopic (exact) mass is 451 g/mol. The summed E-state index contributed by atoms with van der Waals surface area (Å²) in [5.74, 6) is 0.531. The highest BCUT2D eigenvalue weighted by molar-refractivity contribution is 5.95. The van der Waals surface area contributed by atoms with Gasteiger partial charge in [0.1, 0.15) is 0 Å². The number of nitrogens with one attached hydrogen (secondary N) is 3. The zero-order chi connectivity index (χ0) is 22.9. The van der Waals surface area contributed by atoms with E-state index in [0.717, 1.165) is 41.9 Å². The maximum Gasteiger partial charge on any atom is 0.251 e. The molecule has 3 N–H and O–H groups in total. The minimum atomic E-state index is -0.0130. The standard InChI is InChI=1S/C26H25N7O/c34-25(28-21-12-13-21)20-10-8-19(9-11-20)23-7-4-14-33-24(23)30-26(31-33)29-22-15-27-32(17-22)16-18-5-2-1-3-6-18/h1-11,14,17,21,27H,12-13,15-16H2,(H,28,34)(H,29,31). The van der Waals surface area contributed by atoms with Crippen LogP contribution in [0.15, 0.2) is 84.8 Å². The molecule has 0 unspecified atom stereocenters. The Hall–Kier alpha value is -4.17. The first-order valence-corrected chi connectivity index (χ1v) is 11.5. The van der Waals surface area contributed by atoms with Gasteiger partial charge in [-0.25, -0.2) is 9.94 Å². The molecule has 4 aromatic rings. The van der Waals surface area contributed by atoms with Crippen LogP contribution in [-0.2, 0) is 6.54 Å². The lowest BCUT2D eigenvalue weighted by Crippen LogP contribution is -2.28. The molecular weight excluding hydrogens is 426 g/mol. The number of anilines is 1. The first kappa shape index (κ1) is 20.4. The largest absolute Gasteiger partial charge is 0.349 e. The van der Waals surface area contributed by atoms with Gasteiger partial charge in [-0.2, -0.15) is 4.98 Å². The first-order chi connectivity index (χ1) is 16.7. The van der Waals surface area contributed by atoms with Gasteiger partial charge in [0.25, 0.3) is 5.91 Å². The summed E-state index contributed by atoms with van der Waals surface area (Å²) in [6.45, 7) is 1.46. The van der Waals surface area contributed by atoms with Crippen molar-refractivity contribution in [1.82, 2.24) is 30.3 Å². The average Bonchev–Trinajstić information content (AvgIpc) is 3.41. The molecule has 1 aliphatic heterocycles. The molecular formula is C26H25N7O. The second-order valence-electron chi connectivity index (χ2n) is 8.68. The van der Waals surface area contributed by atoms with E-state index in [1.54, 1.807) is 4.52 Å². The molecule has 6 rings (SSSR count). The summed E-state index contributed by atoms with van der Waals surface area (Å²) in [7, 11) is 0. The van der Waals surface area contributed by atoms with Gasteiger partial charge in [0.05, 0.1) is 18.8 Å². The Morgan fingerprint density at radius 1 is 1.03 bits per heavy atom. The van der Waals surface area contributed by atoms with Gasteiger partial charge in [-0.05, 0) is 48.2 Å². The van der Waals surface area contributed by atoms with Crippen LogP contribution < -0.4 is 16.1 Å². The van der Waals surface area contributed by atoms with Crippen LogP contribution in [0.3, 0.4) is 0 Å². The molecule has 1 aliphatic carbocycles. The fourth-order valence-electron chi connectivity index (χ4n) is 4.05. The minimum Gasteiger partial charge on any atom is -0.349 e. The van der Waals surface area contributed by atoms with Crippen LogP contribution in [0, 0.1) is 0 Å². The van der Waals surface area contributed by atoms with Crippen LogP contribution in [0.5, 0.6) is 0 Å². The smallest absolute Gasteiger partial charge is 0.251 e. The van der Waals surface area contributed by atoms with E-state index < -0.39 is 0 Å². The Morgan fingerprint density at radius 2 is 1.85 bits per heavy atom. The van der Waals surface area contributed by atoms with Gasteiger partial charge in [-0.3, -0.25) is 4.79 Å². The van der Waals surface area contributed by atoms with Crippen molar-refractivity contribution in [1.29, 1.82) is 0 Å². The van der Waals surface area contributed by atoms with Gasteiger partial charge < -0.3 is 15.6 Å². The molecule has 0 bridgehead atoms. The van der Waals surface area contributed by atoms with E-state index in [9.17, 15) is 4.79 Å². The van der Waals surface area contributed by atoms with Crippen molar-refractivity contribution < 1.29 is 4.79 Å². The first-order valence-electron chi connectivity index (χ1n) is 11.5. The van der Waals surface area contributed by atoms with E-state index in [-0.39, 0.29) is 5.91 Å². The molecule has 1 fully saturated rings. The second kappa shape index (κ2) is 8.64. The number of hydrogen-bond acceptors (Lipinski definition) is 6. The van der Waals surface area contributed by atoms with Crippen LogP contribution in [-0.4, -0.2) is 38.1 Å². The Labute approximate surface area is 197 Å². The van der Waals surface area contributed by atoms with Crippen LogP contribution >= 0.6 is 0 Å². The van der Waals surface area contributed by atoms with Gasteiger partial charge in [-0.1, -0.05) is 42.5 Å². The molecule has 0 spiro atoms. The van der Waals surface area contributed by atoms with Crippen molar-refractivity contribution in [3.63, 3.8) is 0 Å². The number of hydrazine groups is 1. The van der Waals surface area contributed by atoms with Gasteiger partial charge in [-0.15, -0.1) is 5.10 Å². The molecule has 0 atom stereocenters. The molecule has 2 aliphatic rings. The van der Waals surface area contributed by atoms with Crippen LogP contribution in [0.25, 0.3) is 16.8 Å². The summed E-state index contributed by atoms with van der Waals surface area (Å²) >= 11 is 0. The SMILES string of the molecule is O=C(NC1CC1)c1ccc(-c2cccn3nc(NC4=CN(Cc5ccccc5)NC4)nc23)cc1. The minimum absolute atomic E-state index is 0.0130. The number of fused-ring (bicyclic) bond motifs is 1. The van der Waals surface area contributed by atoms with Crippen molar-refractivity contribution in [2.24, 2.45) is 0 Å². The van der Waals surface area contributed by atoms with E-state index in [2.05, 4.69) is 38.3 Å². The number of rotatable bonds is 7. The molecule has 8 nitrogen and oxygen atoms in total. The highest BCUT2D eigenvalue weighted by atomic mass is 16.1. The quantitative estimate of drug-likeness (QED) is 0.398. The molecule has 0 saturated heterocycles. The Balaban J connectivity index is 1.19. The number of hydrogen-bond donors (Lipinski definition) is 3. The maximum absolute atomic E-state index is 12.3. The lowest BCUT2D eigenvalue weighted by molar-refractivity contribution is 0.0951. The van der Waals surface area contributed by atoms with Crippen molar-refractivity contribution in [3.05, 3.63) is 96.0 Å². The van der Waals surface area contributed by atoms with Gasteiger partial charge in [0.2, 0.25) is 5.95 Å². The van der Waals surface area contributed by atoms with Crippen LogP contribution in [0.4, 0.5) is 5.95 Å². The predicted molar refractivity (Wildman–Crippen MR) is 131 cm³/mol. The van der Waals surface area contributed by atoms with Gasteiger partial charge >= 0.3 is 0 Å². The zero-order valence-electron chi connectivity index (χ0n) is 18.6. The average molecular weight is 452 g/mol. The maximum atomic E-state index is 12.3. The second-order valence-corrected chi connectivity index (χ2v) is 8.68. The summed E-state index contributed by atoms with van der Waals surface area (Å²) in [6, 6.07) is 22.3. The number of pyridine rings is 1. The molecule has 34 heavy (non-hydrogen) atoms. The van der Waals surface area contributed by atoms with E-state index in [1.807, 2.05) is 67.0 Å². The fraction of sp³-hybridized carbons (Fsp3) is 0.192. The fourth-order valence-corrected chi connectivity index (χ4v) is 4.05. The number of nitrogens with zero attached hydrogens (tertiary/aromatic N) is 4. The molecule has 8 heteroatoms. The topological polar surface area (TPSA) is 86.6 Å². The number of carbonyl (C=O) groups is 1. The lowest BCUT2D eigenvalue weighted by atomic mass is 10.0. The highest BCUT2D eigenvalue weighted by Crippen LogP contribution is 2.26. The summed E-state index contributed by atoms with van der Waals surface area (Å²) in [4.78, 5) is 17.0. The molecule has 3 heterocycles. The molecule has 2 aromatic carbocycles. The molecule has 1 saturated carbocycles. The van der Waals surface area contributed by atoms with Crippen molar-refractivity contribution in [2.75, 3.05) is 11.9 Å². The Morgan fingerprint density at radius 3 is 2.65 bits per heavy atom. The van der Waals surface area contributed by atoms with Gasteiger partial charge in [0.15, 0.2) is 5.65 Å². The van der Waals surface area contributed by atoms with E-state index in [4.69, 9.17) is 4.98 Å². The lowest BCUT2D eigenvalue weighted by Gasteiger charge is -2.15. The third-order valence-electron chi connectivity index (χ3n) is 5.99. The van der Waals surface area contributed by atoms with E-state index >= 15 is 0 Å². The normalized spacial score (nSPS) is 15.4. The van der Waals surface area contributed by atoms with Gasteiger partial charge in [0, 0.05) is 29.6 Å². The van der Waals surface area contributed by atoms with Crippen molar-refractivity contribution in [2.45, 2.75) is 25.4 Å². The van der Waals surface area contributed by atoms with Crippen LogP contribution in [0.1, 0.15) is 28.8 Å². The molecule has 2 aromatic heterocycles. The summed E-state index contributed by atoms with van der Waals surface area (Å²) < 4.78 is 1.77. The Bertz CT molecular complexity index is 1360. The van der Waals surface area contributed by atoms with E-state index in [1.165, 1.54) is 5.56 Å². The summed E-state index contributed by atoms with van der Waals surface area (Å²) in [6.07, 6.45) is 6.09. The number of aromatic nitrogens is 3. The third kappa shape index (κ3) is 4.35.